The number of amides is 1. The molecule has 0 aliphatic rings. The zero-order valence-corrected chi connectivity index (χ0v) is 13.6. The first kappa shape index (κ1) is 17.5. The van der Waals surface area contributed by atoms with E-state index in [-0.39, 0.29) is 17.1 Å². The average Bonchev–Trinajstić information content (AvgIpc) is 3.07. The van der Waals surface area contributed by atoms with Gasteiger partial charge in [0.15, 0.2) is 0 Å². The summed E-state index contributed by atoms with van der Waals surface area (Å²) >= 11 is 0. The minimum atomic E-state index is -4.50. The smallest absolute Gasteiger partial charge is 0.416 e. The van der Waals surface area contributed by atoms with Crippen LogP contribution in [-0.2, 0) is 6.18 Å². The van der Waals surface area contributed by atoms with Gasteiger partial charge in [-0.3, -0.25) is 9.89 Å². The first-order chi connectivity index (χ1) is 12.3. The van der Waals surface area contributed by atoms with Gasteiger partial charge in [0.2, 0.25) is 0 Å². The van der Waals surface area contributed by atoms with Gasteiger partial charge in [-0.05, 0) is 42.8 Å². The zero-order valence-electron chi connectivity index (χ0n) is 13.6. The van der Waals surface area contributed by atoms with Crippen LogP contribution in [0.5, 0.6) is 5.75 Å². The van der Waals surface area contributed by atoms with E-state index in [0.717, 1.165) is 12.1 Å². The average molecular weight is 361 g/mol. The van der Waals surface area contributed by atoms with Gasteiger partial charge in [-0.25, -0.2) is 0 Å². The number of aromatic nitrogens is 2. The first-order valence-corrected chi connectivity index (χ1v) is 7.58. The fourth-order valence-corrected chi connectivity index (χ4v) is 2.41. The highest BCUT2D eigenvalue weighted by molar-refractivity contribution is 6.03. The summed E-state index contributed by atoms with van der Waals surface area (Å²) in [4.78, 5) is 12.2. The van der Waals surface area contributed by atoms with Gasteiger partial charge in [0.25, 0.3) is 5.91 Å². The van der Waals surface area contributed by atoms with E-state index < -0.39 is 17.6 Å². The Bertz CT molecular complexity index is 964. The molecule has 26 heavy (non-hydrogen) atoms. The summed E-state index contributed by atoms with van der Waals surface area (Å²) < 4.78 is 38.2. The third kappa shape index (κ3) is 3.53. The molecular formula is C18H14F3N3O2. The summed E-state index contributed by atoms with van der Waals surface area (Å²) in [6.07, 6.45) is -4.50. The van der Waals surface area contributed by atoms with Crippen molar-refractivity contribution < 1.29 is 23.1 Å². The van der Waals surface area contributed by atoms with Gasteiger partial charge in [0.1, 0.15) is 11.4 Å². The Labute approximate surface area is 146 Å². The number of aryl methyl sites for hydroxylation is 1. The number of H-pyrrole nitrogens is 1. The topological polar surface area (TPSA) is 78.0 Å². The molecule has 0 atom stereocenters. The second kappa shape index (κ2) is 6.55. The molecule has 0 fully saturated rings. The van der Waals surface area contributed by atoms with Crippen molar-refractivity contribution in [3.05, 3.63) is 65.4 Å². The second-order valence-corrected chi connectivity index (χ2v) is 5.67. The number of hydrogen-bond acceptors (Lipinski definition) is 3. The van der Waals surface area contributed by atoms with Crippen molar-refractivity contribution in [3.63, 3.8) is 0 Å². The SMILES string of the molecule is Cc1cccc(-c2cc(C(=O)Nc3cccc(C(F)(F)F)c3)[nH]n2)c1O. The molecule has 5 nitrogen and oxygen atoms in total. The van der Waals surface area contributed by atoms with Crippen molar-refractivity contribution in [2.45, 2.75) is 13.1 Å². The number of alkyl halides is 3. The summed E-state index contributed by atoms with van der Waals surface area (Å²) in [5, 5.41) is 19.0. The monoisotopic (exact) mass is 361 g/mol. The van der Waals surface area contributed by atoms with Crippen molar-refractivity contribution in [1.82, 2.24) is 10.2 Å². The second-order valence-electron chi connectivity index (χ2n) is 5.67. The number of aromatic amines is 1. The molecule has 3 N–H and O–H groups in total. The van der Waals surface area contributed by atoms with Gasteiger partial charge < -0.3 is 10.4 Å². The van der Waals surface area contributed by atoms with E-state index >= 15 is 0 Å². The van der Waals surface area contributed by atoms with Crippen LogP contribution < -0.4 is 5.32 Å². The highest BCUT2D eigenvalue weighted by Gasteiger charge is 2.30. The molecule has 0 unspecified atom stereocenters. The lowest BCUT2D eigenvalue weighted by atomic mass is 10.1. The van der Waals surface area contributed by atoms with Crippen LogP contribution in [0.15, 0.2) is 48.5 Å². The van der Waals surface area contributed by atoms with Crippen LogP contribution in [-0.4, -0.2) is 21.2 Å². The van der Waals surface area contributed by atoms with Crippen LogP contribution in [0.4, 0.5) is 18.9 Å². The molecule has 0 aliphatic heterocycles. The Kier molecular flexibility index (Phi) is 4.41. The zero-order chi connectivity index (χ0) is 18.9. The van der Waals surface area contributed by atoms with Crippen molar-refractivity contribution in [3.8, 4) is 17.0 Å². The highest BCUT2D eigenvalue weighted by atomic mass is 19.4. The lowest BCUT2D eigenvalue weighted by Crippen LogP contribution is -2.13. The van der Waals surface area contributed by atoms with E-state index in [9.17, 15) is 23.1 Å². The molecule has 0 saturated heterocycles. The molecule has 1 amide bonds. The van der Waals surface area contributed by atoms with Gasteiger partial charge in [-0.1, -0.05) is 18.2 Å². The Morgan fingerprint density at radius 1 is 1.15 bits per heavy atom. The Hall–Kier alpha value is -3.29. The van der Waals surface area contributed by atoms with Crippen molar-refractivity contribution in [1.29, 1.82) is 0 Å². The molecule has 3 rings (SSSR count). The van der Waals surface area contributed by atoms with Gasteiger partial charge in [0.05, 0.1) is 11.3 Å². The number of phenolic OH excluding ortho intramolecular Hbond substituents is 1. The molecule has 134 valence electrons. The minimum absolute atomic E-state index is 0.0133. The number of phenols is 1. The predicted octanol–water partition coefficient (Wildman–Crippen LogP) is 4.36. The molecule has 0 saturated carbocycles. The summed E-state index contributed by atoms with van der Waals surface area (Å²) in [5.41, 5.74) is 0.656. The minimum Gasteiger partial charge on any atom is -0.507 e. The number of rotatable bonds is 3. The van der Waals surface area contributed by atoms with Crippen LogP contribution in [0.1, 0.15) is 21.6 Å². The largest absolute Gasteiger partial charge is 0.507 e. The summed E-state index contributed by atoms with van der Waals surface area (Å²) in [6.45, 7) is 1.73. The number of nitrogens with one attached hydrogen (secondary N) is 2. The van der Waals surface area contributed by atoms with Crippen LogP contribution in [0.25, 0.3) is 11.3 Å². The predicted molar refractivity (Wildman–Crippen MR) is 89.8 cm³/mol. The molecule has 1 heterocycles. The number of hydrogen-bond donors (Lipinski definition) is 3. The lowest BCUT2D eigenvalue weighted by molar-refractivity contribution is -0.137. The molecule has 8 heteroatoms. The van der Waals surface area contributed by atoms with Crippen molar-refractivity contribution in [2.24, 2.45) is 0 Å². The number of carbonyl (C=O) groups is 1. The van der Waals surface area contributed by atoms with Gasteiger partial charge >= 0.3 is 6.18 Å². The third-order valence-electron chi connectivity index (χ3n) is 3.78. The van der Waals surface area contributed by atoms with E-state index in [1.165, 1.54) is 18.2 Å². The fraction of sp³-hybridized carbons (Fsp3) is 0.111. The van der Waals surface area contributed by atoms with Crippen LogP contribution in [0, 0.1) is 6.92 Å². The molecule has 3 aromatic rings. The quantitative estimate of drug-likeness (QED) is 0.649. The number of carbonyl (C=O) groups excluding carboxylic acids is 1. The molecule has 0 spiro atoms. The van der Waals surface area contributed by atoms with Crippen molar-refractivity contribution >= 4 is 11.6 Å². The van der Waals surface area contributed by atoms with Crippen LogP contribution in [0.3, 0.4) is 0 Å². The summed E-state index contributed by atoms with van der Waals surface area (Å²) in [5.74, 6) is -0.598. The Morgan fingerprint density at radius 2 is 1.88 bits per heavy atom. The normalized spacial score (nSPS) is 11.4. The number of nitrogens with zero attached hydrogens (tertiary/aromatic N) is 1. The van der Waals surface area contributed by atoms with E-state index in [0.29, 0.717) is 16.8 Å². The highest BCUT2D eigenvalue weighted by Crippen LogP contribution is 2.32. The molecule has 1 aromatic heterocycles. The third-order valence-corrected chi connectivity index (χ3v) is 3.78. The number of para-hydroxylation sites is 1. The van der Waals surface area contributed by atoms with Gasteiger partial charge in [-0.15, -0.1) is 0 Å². The molecule has 0 aliphatic carbocycles. The summed E-state index contributed by atoms with van der Waals surface area (Å²) in [7, 11) is 0. The standard InChI is InChI=1S/C18H14F3N3O2/c1-10-4-2-7-13(16(10)25)14-9-15(24-23-14)17(26)22-12-6-3-5-11(8-12)18(19,20)21/h2-9,25H,1H3,(H,22,26)(H,23,24). The fourth-order valence-electron chi connectivity index (χ4n) is 2.41. The summed E-state index contributed by atoms with van der Waals surface area (Å²) in [6, 6.07) is 10.9. The Morgan fingerprint density at radius 3 is 2.62 bits per heavy atom. The van der Waals surface area contributed by atoms with E-state index in [1.807, 2.05) is 0 Å². The maximum Gasteiger partial charge on any atom is 0.416 e. The number of benzene rings is 2. The molecule has 0 bridgehead atoms. The van der Waals surface area contributed by atoms with Crippen LogP contribution >= 0.6 is 0 Å². The number of halogens is 3. The Balaban J connectivity index is 1.82. The van der Waals surface area contributed by atoms with Gasteiger partial charge in [0, 0.05) is 11.3 Å². The molecule has 2 aromatic carbocycles. The lowest BCUT2D eigenvalue weighted by Gasteiger charge is -2.09. The molecular weight excluding hydrogens is 347 g/mol. The van der Waals surface area contributed by atoms with Crippen molar-refractivity contribution in [2.75, 3.05) is 5.32 Å². The van der Waals surface area contributed by atoms with Gasteiger partial charge in [-0.2, -0.15) is 18.3 Å². The van der Waals surface area contributed by atoms with E-state index in [2.05, 4.69) is 15.5 Å². The van der Waals surface area contributed by atoms with E-state index in [1.54, 1.807) is 25.1 Å². The number of aromatic hydroxyl groups is 1. The number of anilines is 1. The maximum absolute atomic E-state index is 12.7. The van der Waals surface area contributed by atoms with Crippen LogP contribution in [0.2, 0.25) is 0 Å². The van der Waals surface area contributed by atoms with E-state index in [4.69, 9.17) is 0 Å². The first-order valence-electron chi connectivity index (χ1n) is 7.58. The maximum atomic E-state index is 12.7. The molecule has 0 radical (unpaired) electrons.